The topological polar surface area (TPSA) is 105 Å². The molecule has 0 atom stereocenters. The molecule has 0 aliphatic heterocycles. The van der Waals surface area contributed by atoms with E-state index < -0.39 is 10.1 Å². The third-order valence-corrected chi connectivity index (χ3v) is 2.99. The third kappa shape index (κ3) is 2.31. The maximum atomic E-state index is 11.0. The van der Waals surface area contributed by atoms with Crippen LogP contribution in [0.15, 0.2) is 27.4 Å². The molecule has 3 N–H and O–H groups in total. The highest BCUT2D eigenvalue weighted by molar-refractivity contribution is 7.86. The summed E-state index contributed by atoms with van der Waals surface area (Å²) in [4.78, 5) is -0.292. The minimum absolute atomic E-state index is 0.0694. The van der Waals surface area contributed by atoms with Crippen LogP contribution in [0, 0.1) is 13.8 Å². The molecule has 1 aromatic rings. The molecule has 0 bridgehead atoms. The lowest BCUT2D eigenvalue weighted by Gasteiger charge is -2.07. The molecule has 0 aliphatic carbocycles. The average Bonchev–Trinajstić information content (AvgIpc) is 2.11. The van der Waals surface area contributed by atoms with E-state index in [-0.39, 0.29) is 10.6 Å². The van der Waals surface area contributed by atoms with Crippen molar-refractivity contribution in [3.05, 3.63) is 23.3 Å². The number of hydrogen-bond donors (Lipinski definition) is 2. The van der Waals surface area contributed by atoms with Gasteiger partial charge in [0.15, 0.2) is 0 Å². The van der Waals surface area contributed by atoms with E-state index in [1.54, 1.807) is 19.9 Å². The average molecular weight is 229 g/mol. The van der Waals surface area contributed by atoms with Crippen molar-refractivity contribution >= 4 is 15.8 Å². The first-order valence-electron chi connectivity index (χ1n) is 4.06. The van der Waals surface area contributed by atoms with E-state index in [0.29, 0.717) is 5.56 Å². The molecule has 15 heavy (non-hydrogen) atoms. The van der Waals surface area contributed by atoms with E-state index in [1.165, 1.54) is 6.07 Å². The molecule has 0 amide bonds. The van der Waals surface area contributed by atoms with Crippen molar-refractivity contribution in [2.45, 2.75) is 18.7 Å². The Kier molecular flexibility index (Phi) is 3.06. The van der Waals surface area contributed by atoms with Gasteiger partial charge in [-0.2, -0.15) is 8.42 Å². The summed E-state index contributed by atoms with van der Waals surface area (Å²) in [5.74, 6) is 4.87. The Morgan fingerprint density at radius 3 is 2.40 bits per heavy atom. The first kappa shape index (κ1) is 11.6. The van der Waals surface area contributed by atoms with Gasteiger partial charge in [-0.3, -0.25) is 4.55 Å². The Labute approximate surface area is 87.5 Å². The van der Waals surface area contributed by atoms with Crippen molar-refractivity contribution in [2.24, 2.45) is 16.2 Å². The lowest BCUT2D eigenvalue weighted by Crippen LogP contribution is -2.00. The Balaban J connectivity index is 3.62. The molecule has 0 aromatic heterocycles. The molecule has 0 fully saturated rings. The summed E-state index contributed by atoms with van der Waals surface area (Å²) in [7, 11) is -4.30. The highest BCUT2D eigenvalue weighted by Gasteiger charge is 2.18. The minimum Gasteiger partial charge on any atom is -0.305 e. The van der Waals surface area contributed by atoms with Gasteiger partial charge in [0.05, 0.1) is 0 Å². The van der Waals surface area contributed by atoms with Gasteiger partial charge in [0.25, 0.3) is 10.1 Å². The lowest BCUT2D eigenvalue weighted by atomic mass is 10.1. The van der Waals surface area contributed by atoms with E-state index in [0.717, 1.165) is 5.56 Å². The second kappa shape index (κ2) is 3.95. The first-order valence-corrected chi connectivity index (χ1v) is 5.50. The SMILES string of the molecule is Cc1ccc(S(=O)(=O)O)c(N=NN)c1C. The van der Waals surface area contributed by atoms with Gasteiger partial charge < -0.3 is 5.84 Å². The Morgan fingerprint density at radius 1 is 1.33 bits per heavy atom. The van der Waals surface area contributed by atoms with Gasteiger partial charge in [0.1, 0.15) is 10.6 Å². The van der Waals surface area contributed by atoms with Gasteiger partial charge >= 0.3 is 0 Å². The molecule has 0 saturated heterocycles. The maximum absolute atomic E-state index is 11.0. The third-order valence-electron chi connectivity index (χ3n) is 2.10. The van der Waals surface area contributed by atoms with Crippen molar-refractivity contribution in [3.63, 3.8) is 0 Å². The highest BCUT2D eigenvalue weighted by atomic mass is 32.2. The molecular formula is C8H11N3O3S. The van der Waals surface area contributed by atoms with Crippen LogP contribution in [-0.4, -0.2) is 13.0 Å². The fraction of sp³-hybridized carbons (Fsp3) is 0.250. The molecule has 0 spiro atoms. The van der Waals surface area contributed by atoms with Crippen molar-refractivity contribution in [1.82, 2.24) is 0 Å². The van der Waals surface area contributed by atoms with Gasteiger partial charge in [-0.1, -0.05) is 11.3 Å². The van der Waals surface area contributed by atoms with Crippen LogP contribution >= 0.6 is 0 Å². The molecule has 0 saturated carbocycles. The summed E-state index contributed by atoms with van der Waals surface area (Å²) in [6.07, 6.45) is 0. The van der Waals surface area contributed by atoms with E-state index in [1.807, 2.05) is 0 Å². The molecule has 0 unspecified atom stereocenters. The Morgan fingerprint density at radius 2 is 1.93 bits per heavy atom. The highest BCUT2D eigenvalue weighted by Crippen LogP contribution is 2.30. The van der Waals surface area contributed by atoms with Crippen molar-refractivity contribution in [1.29, 1.82) is 0 Å². The van der Waals surface area contributed by atoms with Crippen LogP contribution in [0.25, 0.3) is 0 Å². The zero-order valence-electron chi connectivity index (χ0n) is 8.30. The fourth-order valence-electron chi connectivity index (χ4n) is 1.17. The van der Waals surface area contributed by atoms with E-state index >= 15 is 0 Å². The number of nitrogens with zero attached hydrogens (tertiary/aromatic N) is 2. The molecule has 0 aliphatic rings. The summed E-state index contributed by atoms with van der Waals surface area (Å²) in [5, 5.41) is 6.53. The van der Waals surface area contributed by atoms with E-state index in [4.69, 9.17) is 10.4 Å². The molecule has 0 radical (unpaired) electrons. The smallest absolute Gasteiger partial charge is 0.296 e. The number of rotatable bonds is 2. The number of aryl methyl sites for hydroxylation is 1. The monoisotopic (exact) mass is 229 g/mol. The lowest BCUT2D eigenvalue weighted by molar-refractivity contribution is 0.483. The number of hydrogen-bond acceptors (Lipinski definition) is 4. The number of benzene rings is 1. The van der Waals surface area contributed by atoms with Crippen LogP contribution in [0.3, 0.4) is 0 Å². The Hall–Kier alpha value is -1.47. The van der Waals surface area contributed by atoms with Gasteiger partial charge in [-0.15, -0.1) is 5.11 Å². The van der Waals surface area contributed by atoms with Crippen LogP contribution in [-0.2, 0) is 10.1 Å². The van der Waals surface area contributed by atoms with Crippen LogP contribution in [0.5, 0.6) is 0 Å². The predicted octanol–water partition coefficient (Wildman–Crippen LogP) is 1.51. The summed E-state index contributed by atoms with van der Waals surface area (Å²) in [6, 6.07) is 2.84. The van der Waals surface area contributed by atoms with Crippen molar-refractivity contribution < 1.29 is 13.0 Å². The molecule has 7 heteroatoms. The second-order valence-electron chi connectivity index (χ2n) is 3.04. The normalized spacial score (nSPS) is 12.2. The van der Waals surface area contributed by atoms with Gasteiger partial charge in [-0.25, -0.2) is 0 Å². The predicted molar refractivity (Wildman–Crippen MR) is 54.4 cm³/mol. The summed E-state index contributed by atoms with van der Waals surface area (Å²) in [5.41, 5.74) is 1.52. The quantitative estimate of drug-likeness (QED) is 0.347. The standard InChI is InChI=1S/C8H11N3O3S/c1-5-3-4-7(15(12,13)14)8(6(5)2)10-11-9/h3-4H,1-2H3,(H2,9,10)(H,12,13,14). The fourth-order valence-corrected chi connectivity index (χ4v) is 1.84. The van der Waals surface area contributed by atoms with E-state index in [2.05, 4.69) is 10.3 Å². The zero-order chi connectivity index (χ0) is 11.6. The summed E-state index contributed by atoms with van der Waals surface area (Å²) >= 11 is 0. The molecular weight excluding hydrogens is 218 g/mol. The van der Waals surface area contributed by atoms with Gasteiger partial charge in [0, 0.05) is 0 Å². The molecule has 82 valence electrons. The maximum Gasteiger partial charge on any atom is 0.296 e. The van der Waals surface area contributed by atoms with Crippen LogP contribution in [0.4, 0.5) is 5.69 Å². The molecule has 6 nitrogen and oxygen atoms in total. The van der Waals surface area contributed by atoms with Crippen LogP contribution in [0.2, 0.25) is 0 Å². The zero-order valence-corrected chi connectivity index (χ0v) is 9.11. The number of nitrogens with two attached hydrogens (primary N) is 1. The van der Waals surface area contributed by atoms with Gasteiger partial charge in [0.2, 0.25) is 0 Å². The Bertz CT molecular complexity index is 508. The van der Waals surface area contributed by atoms with E-state index in [9.17, 15) is 8.42 Å². The van der Waals surface area contributed by atoms with Crippen molar-refractivity contribution in [3.8, 4) is 0 Å². The molecule has 1 rings (SSSR count). The van der Waals surface area contributed by atoms with Gasteiger partial charge in [-0.05, 0) is 31.0 Å². The second-order valence-corrected chi connectivity index (χ2v) is 4.43. The minimum atomic E-state index is -4.30. The molecule has 0 heterocycles. The van der Waals surface area contributed by atoms with Crippen LogP contribution < -0.4 is 5.84 Å². The van der Waals surface area contributed by atoms with Crippen LogP contribution in [0.1, 0.15) is 11.1 Å². The molecule has 1 aromatic carbocycles. The largest absolute Gasteiger partial charge is 0.305 e. The van der Waals surface area contributed by atoms with Crippen molar-refractivity contribution in [2.75, 3.05) is 0 Å². The summed E-state index contributed by atoms with van der Waals surface area (Å²) in [6.45, 7) is 3.46. The summed E-state index contributed by atoms with van der Waals surface area (Å²) < 4.78 is 31.0. The first-order chi connectivity index (χ1) is 6.88.